The zero-order valence-corrected chi connectivity index (χ0v) is 23.7. The molecule has 3 aromatic heterocycles. The van der Waals surface area contributed by atoms with Crippen molar-refractivity contribution in [2.24, 2.45) is 0 Å². The molecule has 0 aliphatic rings. The Morgan fingerprint density at radius 3 is 2.28 bits per heavy atom. The van der Waals surface area contributed by atoms with Crippen LogP contribution in [0.1, 0.15) is 31.9 Å². The van der Waals surface area contributed by atoms with E-state index in [4.69, 9.17) is 4.74 Å². The molecule has 3 heterocycles. The van der Waals surface area contributed by atoms with Crippen molar-refractivity contribution in [2.75, 3.05) is 0 Å². The monoisotopic (exact) mass is 576 g/mol. The third-order valence-corrected chi connectivity index (χ3v) is 7.69. The lowest BCUT2D eigenvalue weighted by atomic mass is 9.88. The predicted molar refractivity (Wildman–Crippen MR) is 163 cm³/mol. The summed E-state index contributed by atoms with van der Waals surface area (Å²) in [5.41, 5.74) is 3.89. The Morgan fingerprint density at radius 1 is 0.698 bits per heavy atom. The summed E-state index contributed by atoms with van der Waals surface area (Å²) in [4.78, 5) is 9.08. The van der Waals surface area contributed by atoms with Crippen LogP contribution in [-0.4, -0.2) is 19.1 Å². The third-order valence-electron chi connectivity index (χ3n) is 7.69. The van der Waals surface area contributed by atoms with E-state index in [9.17, 15) is 13.2 Å². The molecule has 0 spiro atoms. The second-order valence-electron chi connectivity index (χ2n) is 11.6. The number of pyridine rings is 1. The second kappa shape index (κ2) is 9.73. The van der Waals surface area contributed by atoms with Gasteiger partial charge in [0.15, 0.2) is 0 Å². The summed E-state index contributed by atoms with van der Waals surface area (Å²) >= 11 is 0. The Morgan fingerprint density at radius 2 is 1.47 bits per heavy atom. The first-order valence-corrected chi connectivity index (χ1v) is 13.9. The van der Waals surface area contributed by atoms with E-state index in [1.807, 2.05) is 65.2 Å². The van der Waals surface area contributed by atoms with Crippen molar-refractivity contribution in [3.63, 3.8) is 0 Å². The Labute approximate surface area is 245 Å². The van der Waals surface area contributed by atoms with Gasteiger partial charge in [-0.3, -0.25) is 9.13 Å². The first-order valence-electron chi connectivity index (χ1n) is 13.9. The van der Waals surface area contributed by atoms with Crippen LogP contribution in [0.15, 0.2) is 110 Å². The number of benzene rings is 4. The van der Waals surface area contributed by atoms with Crippen LogP contribution >= 0.6 is 0 Å². The molecule has 0 aliphatic carbocycles. The number of aromatic nitrogens is 4. The number of hydrogen-bond donors (Lipinski definition) is 0. The molecular formula is C35H27F3N4O. The van der Waals surface area contributed by atoms with Crippen LogP contribution in [0.2, 0.25) is 0 Å². The summed E-state index contributed by atoms with van der Waals surface area (Å²) < 4.78 is 52.8. The Kier molecular flexibility index (Phi) is 6.06. The van der Waals surface area contributed by atoms with E-state index in [1.54, 1.807) is 41.4 Å². The summed E-state index contributed by atoms with van der Waals surface area (Å²) in [5.74, 6) is 1.61. The normalized spacial score (nSPS) is 12.4. The zero-order valence-electron chi connectivity index (χ0n) is 23.7. The van der Waals surface area contributed by atoms with E-state index in [0.29, 0.717) is 33.7 Å². The number of ether oxygens (including phenoxy) is 1. The molecule has 5 nitrogen and oxygen atoms in total. The minimum Gasteiger partial charge on any atom is -0.457 e. The van der Waals surface area contributed by atoms with Crippen LogP contribution < -0.4 is 4.74 Å². The number of imidazole rings is 1. The minimum atomic E-state index is -4.52. The Bertz CT molecular complexity index is 2150. The maximum atomic E-state index is 14.2. The van der Waals surface area contributed by atoms with Crippen molar-refractivity contribution in [1.29, 1.82) is 0 Å². The molecule has 0 N–H and O–H groups in total. The summed E-state index contributed by atoms with van der Waals surface area (Å²) in [6.45, 7) is 6.27. The van der Waals surface area contributed by atoms with Crippen LogP contribution in [0.25, 0.3) is 44.3 Å². The highest BCUT2D eigenvalue weighted by atomic mass is 19.4. The van der Waals surface area contributed by atoms with Gasteiger partial charge in [-0.2, -0.15) is 13.2 Å². The number of rotatable bonds is 4. The van der Waals surface area contributed by atoms with E-state index in [-0.39, 0.29) is 10.8 Å². The van der Waals surface area contributed by atoms with Gasteiger partial charge < -0.3 is 4.74 Å². The van der Waals surface area contributed by atoms with Gasteiger partial charge in [-0.1, -0.05) is 45.0 Å². The van der Waals surface area contributed by atoms with Gasteiger partial charge in [0.05, 0.1) is 33.3 Å². The van der Waals surface area contributed by atoms with Crippen LogP contribution in [0.5, 0.6) is 11.5 Å². The van der Waals surface area contributed by atoms with E-state index < -0.39 is 11.7 Å². The summed E-state index contributed by atoms with van der Waals surface area (Å²) in [5, 5.41) is 0.602. The Balaban J connectivity index is 1.38. The van der Waals surface area contributed by atoms with Crippen LogP contribution in [0.4, 0.5) is 13.2 Å². The Hall–Kier alpha value is -5.11. The highest BCUT2D eigenvalue weighted by Crippen LogP contribution is 2.42. The molecule has 0 unspecified atom stereocenters. The molecule has 7 aromatic rings. The number of fused-ring (bicyclic) bond motifs is 4. The molecule has 0 bridgehead atoms. The van der Waals surface area contributed by atoms with Crippen molar-refractivity contribution in [3.05, 3.63) is 121 Å². The fourth-order valence-corrected chi connectivity index (χ4v) is 5.60. The first kappa shape index (κ1) is 26.8. The quantitative estimate of drug-likeness (QED) is 0.210. The average molecular weight is 577 g/mol. The van der Waals surface area contributed by atoms with Gasteiger partial charge >= 0.3 is 6.18 Å². The SMILES string of the molecule is CC(C)(C)c1ccnc(-n2c3cc(Oc4cccc(-n5cnc6ccccc65)c4)ccc3c3c(C(F)(F)F)cccc32)c1. The summed E-state index contributed by atoms with van der Waals surface area (Å²) in [6.07, 6.45) is -1.05. The lowest BCUT2D eigenvalue weighted by molar-refractivity contribution is -0.136. The lowest BCUT2D eigenvalue weighted by Gasteiger charge is -2.20. The molecule has 0 aliphatic heterocycles. The van der Waals surface area contributed by atoms with E-state index in [0.717, 1.165) is 28.4 Å². The number of nitrogens with zero attached hydrogens (tertiary/aromatic N) is 4. The van der Waals surface area contributed by atoms with Gasteiger partial charge in [-0.15, -0.1) is 0 Å². The number of para-hydroxylation sites is 2. The maximum Gasteiger partial charge on any atom is 0.417 e. The second-order valence-corrected chi connectivity index (χ2v) is 11.6. The molecule has 4 aromatic carbocycles. The van der Waals surface area contributed by atoms with E-state index >= 15 is 0 Å². The van der Waals surface area contributed by atoms with Crippen molar-refractivity contribution in [1.82, 2.24) is 19.1 Å². The summed E-state index contributed by atoms with van der Waals surface area (Å²) in [6, 6.07) is 28.8. The molecule has 7 rings (SSSR count). The molecular weight excluding hydrogens is 549 g/mol. The molecule has 0 saturated heterocycles. The van der Waals surface area contributed by atoms with Crippen molar-refractivity contribution >= 4 is 32.8 Å². The third kappa shape index (κ3) is 4.69. The largest absolute Gasteiger partial charge is 0.457 e. The van der Waals surface area contributed by atoms with Crippen molar-refractivity contribution in [2.45, 2.75) is 32.4 Å². The van der Waals surface area contributed by atoms with Crippen LogP contribution in [-0.2, 0) is 11.6 Å². The zero-order chi connectivity index (χ0) is 29.9. The molecule has 8 heteroatoms. The fraction of sp³-hybridized carbons (Fsp3) is 0.143. The van der Waals surface area contributed by atoms with Gasteiger partial charge in [0, 0.05) is 29.1 Å². The smallest absolute Gasteiger partial charge is 0.417 e. The predicted octanol–water partition coefficient (Wildman–Crippen LogP) is 9.63. The number of halogens is 3. The molecule has 0 radical (unpaired) electrons. The van der Waals surface area contributed by atoms with Gasteiger partial charge in [0.2, 0.25) is 0 Å². The van der Waals surface area contributed by atoms with Crippen molar-refractivity contribution < 1.29 is 17.9 Å². The molecule has 0 fully saturated rings. The van der Waals surface area contributed by atoms with Crippen LogP contribution in [0, 0.1) is 0 Å². The van der Waals surface area contributed by atoms with Gasteiger partial charge in [-0.05, 0) is 71.6 Å². The van der Waals surface area contributed by atoms with Gasteiger partial charge in [-0.25, -0.2) is 9.97 Å². The maximum absolute atomic E-state index is 14.2. The lowest BCUT2D eigenvalue weighted by Crippen LogP contribution is -2.12. The molecule has 0 saturated carbocycles. The molecule has 43 heavy (non-hydrogen) atoms. The van der Waals surface area contributed by atoms with E-state index in [2.05, 4.69) is 30.7 Å². The summed E-state index contributed by atoms with van der Waals surface area (Å²) in [7, 11) is 0. The van der Waals surface area contributed by atoms with E-state index in [1.165, 1.54) is 6.07 Å². The molecule has 0 amide bonds. The first-order chi connectivity index (χ1) is 20.6. The molecule has 0 atom stereocenters. The number of hydrogen-bond acceptors (Lipinski definition) is 3. The fourth-order valence-electron chi connectivity index (χ4n) is 5.60. The molecule has 214 valence electrons. The number of alkyl halides is 3. The van der Waals surface area contributed by atoms with Crippen LogP contribution in [0.3, 0.4) is 0 Å². The minimum absolute atomic E-state index is 0.133. The van der Waals surface area contributed by atoms with Gasteiger partial charge in [0.1, 0.15) is 23.6 Å². The average Bonchev–Trinajstić information content (AvgIpc) is 3.55. The highest BCUT2D eigenvalue weighted by molar-refractivity contribution is 6.11. The van der Waals surface area contributed by atoms with Gasteiger partial charge in [0.25, 0.3) is 0 Å². The topological polar surface area (TPSA) is 44.9 Å². The van der Waals surface area contributed by atoms with Crippen molar-refractivity contribution in [3.8, 4) is 23.0 Å². The standard InChI is InChI=1S/C35H27F3N4O/c1-34(2,3)22-16-17-39-32(18-22)42-30-13-7-10-27(35(36,37)38)33(30)26-15-14-25(20-31(26)42)43-24-9-6-8-23(19-24)41-21-40-28-11-4-5-12-29(28)41/h4-21H,1-3H3. The highest BCUT2D eigenvalue weighted by Gasteiger charge is 2.34.